The molecule has 5 heteroatoms. The molecular weight excluding hydrogens is 302 g/mol. The number of ether oxygens (including phenoxy) is 1. The molecule has 0 radical (unpaired) electrons. The summed E-state index contributed by atoms with van der Waals surface area (Å²) >= 11 is 11.7. The molecule has 0 saturated carbocycles. The Labute approximate surface area is 126 Å². The van der Waals surface area contributed by atoms with Crippen LogP contribution < -0.4 is 4.74 Å². The van der Waals surface area contributed by atoms with Crippen molar-refractivity contribution in [3.63, 3.8) is 0 Å². The third-order valence-corrected chi connectivity index (χ3v) is 3.29. The zero-order valence-corrected chi connectivity index (χ0v) is 12.1. The van der Waals surface area contributed by atoms with Gasteiger partial charge in [0.15, 0.2) is 6.61 Å². The van der Waals surface area contributed by atoms with Gasteiger partial charge in [-0.25, -0.2) is 4.39 Å². The highest BCUT2D eigenvalue weighted by Gasteiger charge is 2.12. The van der Waals surface area contributed by atoms with Gasteiger partial charge in [0.1, 0.15) is 11.6 Å². The lowest BCUT2D eigenvalue weighted by Crippen LogP contribution is -2.12. The van der Waals surface area contributed by atoms with E-state index in [0.717, 1.165) is 5.56 Å². The number of rotatable bonds is 4. The van der Waals surface area contributed by atoms with Crippen molar-refractivity contribution in [2.45, 2.75) is 6.92 Å². The summed E-state index contributed by atoms with van der Waals surface area (Å²) in [4.78, 5) is 12.0. The molecule has 0 bridgehead atoms. The van der Waals surface area contributed by atoms with Gasteiger partial charge in [0.05, 0.1) is 5.02 Å². The minimum atomic E-state index is -0.414. The quantitative estimate of drug-likeness (QED) is 0.765. The molecule has 104 valence electrons. The van der Waals surface area contributed by atoms with E-state index in [1.807, 2.05) is 0 Å². The van der Waals surface area contributed by atoms with E-state index in [-0.39, 0.29) is 17.4 Å². The molecule has 0 aromatic heterocycles. The van der Waals surface area contributed by atoms with Crippen LogP contribution in [0.2, 0.25) is 10.0 Å². The highest BCUT2D eigenvalue weighted by molar-refractivity contribution is 6.36. The molecule has 2 aromatic rings. The molecule has 0 saturated heterocycles. The lowest BCUT2D eigenvalue weighted by molar-refractivity contribution is 0.0921. The summed E-state index contributed by atoms with van der Waals surface area (Å²) in [7, 11) is 0. The maximum absolute atomic E-state index is 13.1. The Morgan fingerprint density at radius 3 is 2.65 bits per heavy atom. The normalized spacial score (nSPS) is 10.4. The molecule has 2 nitrogen and oxygen atoms in total. The van der Waals surface area contributed by atoms with Crippen molar-refractivity contribution in [3.8, 4) is 5.75 Å². The summed E-state index contributed by atoms with van der Waals surface area (Å²) in [5.41, 5.74) is 1.08. The van der Waals surface area contributed by atoms with Gasteiger partial charge in [0.2, 0.25) is 5.78 Å². The number of hydrogen-bond donors (Lipinski definition) is 0. The van der Waals surface area contributed by atoms with Gasteiger partial charge in [0, 0.05) is 16.7 Å². The number of ketones is 1. The summed E-state index contributed by atoms with van der Waals surface area (Å²) in [5.74, 6) is -0.374. The first-order valence-corrected chi connectivity index (χ1v) is 6.60. The molecule has 20 heavy (non-hydrogen) atoms. The van der Waals surface area contributed by atoms with E-state index in [1.165, 1.54) is 24.3 Å². The van der Waals surface area contributed by atoms with Gasteiger partial charge < -0.3 is 4.74 Å². The molecule has 2 rings (SSSR count). The molecule has 0 amide bonds. The number of benzene rings is 2. The second-order valence-electron chi connectivity index (χ2n) is 4.25. The van der Waals surface area contributed by atoms with Crippen LogP contribution in [0.15, 0.2) is 36.4 Å². The molecule has 0 aliphatic heterocycles. The van der Waals surface area contributed by atoms with E-state index in [2.05, 4.69) is 0 Å². The molecule has 0 aliphatic rings. The Bertz CT molecular complexity index is 656. The molecule has 0 N–H and O–H groups in total. The number of carbonyl (C=O) groups excluding carboxylic acids is 1. The van der Waals surface area contributed by atoms with Crippen molar-refractivity contribution in [2.24, 2.45) is 0 Å². The van der Waals surface area contributed by atoms with Crippen LogP contribution in [0.5, 0.6) is 5.75 Å². The third-order valence-electron chi connectivity index (χ3n) is 2.74. The van der Waals surface area contributed by atoms with Gasteiger partial charge in [-0.05, 0) is 36.8 Å². The fourth-order valence-corrected chi connectivity index (χ4v) is 2.18. The van der Waals surface area contributed by atoms with Crippen LogP contribution in [0, 0.1) is 12.7 Å². The van der Waals surface area contributed by atoms with Crippen molar-refractivity contribution >= 4 is 29.0 Å². The zero-order chi connectivity index (χ0) is 14.7. The van der Waals surface area contributed by atoms with E-state index < -0.39 is 5.82 Å². The first-order valence-electron chi connectivity index (χ1n) is 5.84. The smallest absolute Gasteiger partial charge is 0.201 e. The van der Waals surface area contributed by atoms with Gasteiger partial charge in [-0.3, -0.25) is 4.79 Å². The largest absolute Gasteiger partial charge is 0.485 e. The van der Waals surface area contributed by atoms with E-state index in [0.29, 0.717) is 16.3 Å². The van der Waals surface area contributed by atoms with Crippen molar-refractivity contribution < 1.29 is 13.9 Å². The second-order valence-corrected chi connectivity index (χ2v) is 5.09. The Hall–Kier alpha value is -1.58. The number of aryl methyl sites for hydroxylation is 1. The zero-order valence-electron chi connectivity index (χ0n) is 10.6. The van der Waals surface area contributed by atoms with Crippen LogP contribution in [0.25, 0.3) is 0 Å². The Balaban J connectivity index is 2.10. The van der Waals surface area contributed by atoms with E-state index in [1.54, 1.807) is 19.1 Å². The number of hydrogen-bond acceptors (Lipinski definition) is 2. The number of halogens is 3. The lowest BCUT2D eigenvalue weighted by Gasteiger charge is -2.09. The minimum absolute atomic E-state index is 0.217. The molecule has 0 atom stereocenters. The first kappa shape index (κ1) is 14.8. The summed E-state index contributed by atoms with van der Waals surface area (Å²) in [6.45, 7) is 1.56. The second kappa shape index (κ2) is 6.25. The highest BCUT2D eigenvalue weighted by atomic mass is 35.5. The monoisotopic (exact) mass is 312 g/mol. The Kier molecular flexibility index (Phi) is 4.63. The van der Waals surface area contributed by atoms with E-state index in [9.17, 15) is 9.18 Å². The summed E-state index contributed by atoms with van der Waals surface area (Å²) in [6, 6.07) is 8.77. The molecule has 0 aliphatic carbocycles. The lowest BCUT2D eigenvalue weighted by atomic mass is 10.1. The van der Waals surface area contributed by atoms with Crippen LogP contribution in [0.1, 0.15) is 15.9 Å². The molecule has 0 unspecified atom stereocenters. The van der Waals surface area contributed by atoms with Gasteiger partial charge in [-0.15, -0.1) is 0 Å². The van der Waals surface area contributed by atoms with Crippen LogP contribution in [0.4, 0.5) is 4.39 Å². The van der Waals surface area contributed by atoms with E-state index >= 15 is 0 Å². The van der Waals surface area contributed by atoms with Crippen LogP contribution in [-0.2, 0) is 0 Å². The molecule has 0 spiro atoms. The van der Waals surface area contributed by atoms with Crippen molar-refractivity contribution in [1.29, 1.82) is 0 Å². The van der Waals surface area contributed by atoms with Crippen LogP contribution >= 0.6 is 23.2 Å². The predicted molar refractivity (Wildman–Crippen MR) is 77.4 cm³/mol. The van der Waals surface area contributed by atoms with Crippen LogP contribution in [-0.4, -0.2) is 12.4 Å². The van der Waals surface area contributed by atoms with Crippen molar-refractivity contribution in [1.82, 2.24) is 0 Å². The fourth-order valence-electron chi connectivity index (χ4n) is 1.67. The molecule has 0 fully saturated rings. The van der Waals surface area contributed by atoms with E-state index in [4.69, 9.17) is 27.9 Å². The minimum Gasteiger partial charge on any atom is -0.485 e. The third kappa shape index (κ3) is 3.50. The number of Topliss-reactive ketones (excluding diaryl/α,β-unsaturated/α-hetero) is 1. The SMILES string of the molecule is Cc1ccc(F)cc1OCC(=O)c1ccc(Cl)cc1Cl. The van der Waals surface area contributed by atoms with Gasteiger partial charge >= 0.3 is 0 Å². The van der Waals surface area contributed by atoms with Gasteiger partial charge in [-0.2, -0.15) is 0 Å². The maximum Gasteiger partial charge on any atom is 0.201 e. The summed E-state index contributed by atoms with van der Waals surface area (Å²) in [6.07, 6.45) is 0. The van der Waals surface area contributed by atoms with Gasteiger partial charge in [-0.1, -0.05) is 29.3 Å². The average molecular weight is 313 g/mol. The van der Waals surface area contributed by atoms with Crippen molar-refractivity contribution in [3.05, 3.63) is 63.4 Å². The topological polar surface area (TPSA) is 26.3 Å². The predicted octanol–water partition coefficient (Wildman–Crippen LogP) is 4.70. The first-order chi connectivity index (χ1) is 9.47. The van der Waals surface area contributed by atoms with Crippen LogP contribution in [0.3, 0.4) is 0 Å². The fraction of sp³-hybridized carbons (Fsp3) is 0.133. The molecular formula is C15H11Cl2FO2. The van der Waals surface area contributed by atoms with Gasteiger partial charge in [0.25, 0.3) is 0 Å². The van der Waals surface area contributed by atoms with Crippen molar-refractivity contribution in [2.75, 3.05) is 6.61 Å². The number of carbonyl (C=O) groups is 1. The maximum atomic E-state index is 13.1. The summed E-state index contributed by atoms with van der Waals surface area (Å²) in [5, 5.41) is 0.718. The highest BCUT2D eigenvalue weighted by Crippen LogP contribution is 2.23. The standard InChI is InChI=1S/C15H11Cl2FO2/c1-9-2-4-11(18)7-15(9)20-8-14(19)12-5-3-10(16)6-13(12)17/h2-7H,8H2,1H3. The summed E-state index contributed by atoms with van der Waals surface area (Å²) < 4.78 is 18.4. The molecule has 0 heterocycles. The molecule has 2 aromatic carbocycles. The average Bonchev–Trinajstić information content (AvgIpc) is 2.39. The Morgan fingerprint density at radius 1 is 1.20 bits per heavy atom. The Morgan fingerprint density at radius 2 is 1.95 bits per heavy atom.